The van der Waals surface area contributed by atoms with Crippen LogP contribution >= 0.6 is 0 Å². The topological polar surface area (TPSA) is 29.4 Å². The number of hydrogen-bond donors (Lipinski definition) is 0. The van der Waals surface area contributed by atoms with Gasteiger partial charge in [0.05, 0.1) is 6.54 Å². The lowest BCUT2D eigenvalue weighted by Crippen LogP contribution is -2.03. The summed E-state index contributed by atoms with van der Waals surface area (Å²) in [5.74, 6) is 0.482. The van der Waals surface area contributed by atoms with E-state index in [1.54, 1.807) is 0 Å². The molecule has 0 aromatic carbocycles. The standard InChI is InChI=1S/C9H17NO/c1-3-5-7-9(6-4-2)8-10-11/h3,9H,1,4-8H2,2H3. The van der Waals surface area contributed by atoms with Crippen molar-refractivity contribution in [3.05, 3.63) is 17.6 Å². The Hall–Kier alpha value is -0.660. The van der Waals surface area contributed by atoms with Crippen LogP contribution < -0.4 is 0 Å². The van der Waals surface area contributed by atoms with Crippen LogP contribution in [0.15, 0.2) is 17.8 Å². The number of nitroso groups, excluding NO2 is 1. The van der Waals surface area contributed by atoms with Crippen LogP contribution in [0.3, 0.4) is 0 Å². The number of hydrogen-bond acceptors (Lipinski definition) is 2. The summed E-state index contributed by atoms with van der Waals surface area (Å²) in [4.78, 5) is 9.98. The molecule has 0 heterocycles. The molecule has 0 aromatic rings. The lowest BCUT2D eigenvalue weighted by Gasteiger charge is -2.09. The van der Waals surface area contributed by atoms with Crippen LogP contribution in [0.25, 0.3) is 0 Å². The highest BCUT2D eigenvalue weighted by atomic mass is 16.3. The number of rotatable bonds is 7. The molecule has 0 spiro atoms. The van der Waals surface area contributed by atoms with Crippen molar-refractivity contribution in [2.75, 3.05) is 6.54 Å². The van der Waals surface area contributed by atoms with Gasteiger partial charge in [-0.25, -0.2) is 0 Å². The third-order valence-corrected chi connectivity index (χ3v) is 1.81. The summed E-state index contributed by atoms with van der Waals surface area (Å²) in [6, 6.07) is 0. The van der Waals surface area contributed by atoms with E-state index >= 15 is 0 Å². The van der Waals surface area contributed by atoms with Crippen molar-refractivity contribution >= 4 is 0 Å². The van der Waals surface area contributed by atoms with Crippen molar-refractivity contribution in [2.24, 2.45) is 11.1 Å². The highest BCUT2D eigenvalue weighted by Gasteiger charge is 2.05. The van der Waals surface area contributed by atoms with Crippen LogP contribution in [-0.2, 0) is 0 Å². The zero-order valence-electron chi connectivity index (χ0n) is 7.25. The molecular formula is C9H17NO. The summed E-state index contributed by atoms with van der Waals surface area (Å²) in [5, 5.41) is 2.92. The predicted molar refractivity (Wildman–Crippen MR) is 48.5 cm³/mol. The molecule has 0 rings (SSSR count). The molecule has 0 radical (unpaired) electrons. The highest BCUT2D eigenvalue weighted by molar-refractivity contribution is 4.70. The first kappa shape index (κ1) is 10.3. The minimum absolute atomic E-state index is 0.474. The predicted octanol–water partition coefficient (Wildman–Crippen LogP) is 3.14. The third-order valence-electron chi connectivity index (χ3n) is 1.81. The van der Waals surface area contributed by atoms with Gasteiger partial charge in [-0.3, -0.25) is 0 Å². The smallest absolute Gasteiger partial charge is 0.0839 e. The first-order valence-electron chi connectivity index (χ1n) is 4.25. The maximum atomic E-state index is 9.98. The third kappa shape index (κ3) is 5.77. The van der Waals surface area contributed by atoms with Gasteiger partial charge in [0.15, 0.2) is 0 Å². The highest BCUT2D eigenvalue weighted by Crippen LogP contribution is 2.13. The molecule has 2 nitrogen and oxygen atoms in total. The van der Waals surface area contributed by atoms with E-state index in [-0.39, 0.29) is 0 Å². The van der Waals surface area contributed by atoms with Crippen molar-refractivity contribution in [1.29, 1.82) is 0 Å². The summed E-state index contributed by atoms with van der Waals surface area (Å²) in [6.07, 6.45) is 6.20. The Labute approximate surface area is 68.7 Å². The molecule has 0 aliphatic heterocycles. The van der Waals surface area contributed by atoms with E-state index in [1.807, 2.05) is 6.08 Å². The molecular weight excluding hydrogens is 138 g/mol. The first-order valence-corrected chi connectivity index (χ1v) is 4.25. The SMILES string of the molecule is C=CCCC(CCC)CN=O. The van der Waals surface area contributed by atoms with Crippen molar-refractivity contribution in [1.82, 2.24) is 0 Å². The van der Waals surface area contributed by atoms with Gasteiger partial charge in [0, 0.05) is 0 Å². The molecule has 0 aliphatic rings. The molecule has 1 atom stereocenters. The van der Waals surface area contributed by atoms with Gasteiger partial charge in [0.1, 0.15) is 0 Å². The summed E-state index contributed by atoms with van der Waals surface area (Å²) in [5.41, 5.74) is 0. The van der Waals surface area contributed by atoms with E-state index in [0.717, 1.165) is 25.7 Å². The minimum Gasteiger partial charge on any atom is -0.151 e. The van der Waals surface area contributed by atoms with Gasteiger partial charge < -0.3 is 0 Å². The Bertz CT molecular complexity index is 112. The zero-order chi connectivity index (χ0) is 8.53. The largest absolute Gasteiger partial charge is 0.151 e. The molecule has 0 aliphatic carbocycles. The molecule has 0 aromatic heterocycles. The molecule has 11 heavy (non-hydrogen) atoms. The van der Waals surface area contributed by atoms with Crippen LogP contribution in [-0.4, -0.2) is 6.54 Å². The second-order valence-corrected chi connectivity index (χ2v) is 2.83. The molecule has 0 fully saturated rings. The number of allylic oxidation sites excluding steroid dienone is 1. The van der Waals surface area contributed by atoms with Crippen molar-refractivity contribution in [3.8, 4) is 0 Å². The average Bonchev–Trinajstić information content (AvgIpc) is 2.01. The Kier molecular flexibility index (Phi) is 7.00. The first-order chi connectivity index (χ1) is 5.35. The number of nitrogens with zero attached hydrogens (tertiary/aromatic N) is 1. The Morgan fingerprint density at radius 2 is 2.27 bits per heavy atom. The summed E-state index contributed by atoms with van der Waals surface area (Å²) in [6.45, 7) is 6.25. The molecule has 64 valence electrons. The van der Waals surface area contributed by atoms with Crippen molar-refractivity contribution < 1.29 is 0 Å². The molecule has 1 unspecified atom stereocenters. The summed E-state index contributed by atoms with van der Waals surface area (Å²) >= 11 is 0. The normalized spacial score (nSPS) is 12.5. The monoisotopic (exact) mass is 155 g/mol. The fourth-order valence-corrected chi connectivity index (χ4v) is 1.19. The molecule has 2 heteroatoms. The van der Waals surface area contributed by atoms with E-state index in [4.69, 9.17) is 0 Å². The molecule has 0 N–H and O–H groups in total. The van der Waals surface area contributed by atoms with E-state index in [1.165, 1.54) is 0 Å². The Morgan fingerprint density at radius 1 is 1.55 bits per heavy atom. The summed E-state index contributed by atoms with van der Waals surface area (Å²) < 4.78 is 0. The van der Waals surface area contributed by atoms with E-state index in [2.05, 4.69) is 18.7 Å². The second kappa shape index (κ2) is 7.45. The van der Waals surface area contributed by atoms with Gasteiger partial charge in [-0.15, -0.1) is 6.58 Å². The summed E-state index contributed by atoms with van der Waals surface area (Å²) in [7, 11) is 0. The van der Waals surface area contributed by atoms with E-state index < -0.39 is 0 Å². The quantitative estimate of drug-likeness (QED) is 0.410. The average molecular weight is 155 g/mol. The van der Waals surface area contributed by atoms with Crippen LogP contribution in [0.1, 0.15) is 32.6 Å². The second-order valence-electron chi connectivity index (χ2n) is 2.83. The van der Waals surface area contributed by atoms with E-state index in [0.29, 0.717) is 12.5 Å². The zero-order valence-corrected chi connectivity index (χ0v) is 7.25. The maximum Gasteiger partial charge on any atom is 0.0839 e. The Morgan fingerprint density at radius 3 is 2.73 bits per heavy atom. The minimum atomic E-state index is 0.474. The van der Waals surface area contributed by atoms with Gasteiger partial charge >= 0.3 is 0 Å². The van der Waals surface area contributed by atoms with Crippen molar-refractivity contribution in [2.45, 2.75) is 32.6 Å². The molecule has 0 amide bonds. The van der Waals surface area contributed by atoms with Crippen LogP contribution in [0.4, 0.5) is 0 Å². The van der Waals surface area contributed by atoms with Gasteiger partial charge in [0.2, 0.25) is 0 Å². The fourth-order valence-electron chi connectivity index (χ4n) is 1.19. The van der Waals surface area contributed by atoms with E-state index in [9.17, 15) is 4.91 Å². The van der Waals surface area contributed by atoms with Crippen molar-refractivity contribution in [3.63, 3.8) is 0 Å². The van der Waals surface area contributed by atoms with Gasteiger partial charge in [-0.05, 0) is 25.2 Å². The Balaban J connectivity index is 3.49. The maximum absolute atomic E-state index is 9.98. The van der Waals surface area contributed by atoms with Crippen LogP contribution in [0.5, 0.6) is 0 Å². The molecule has 0 bridgehead atoms. The lowest BCUT2D eigenvalue weighted by atomic mass is 9.98. The lowest BCUT2D eigenvalue weighted by molar-refractivity contribution is 0.459. The molecule has 0 saturated heterocycles. The fraction of sp³-hybridized carbons (Fsp3) is 0.778. The van der Waals surface area contributed by atoms with Gasteiger partial charge in [0.25, 0.3) is 0 Å². The molecule has 0 saturated carbocycles. The van der Waals surface area contributed by atoms with Gasteiger partial charge in [-0.1, -0.05) is 24.6 Å². The van der Waals surface area contributed by atoms with Crippen LogP contribution in [0, 0.1) is 10.8 Å². The van der Waals surface area contributed by atoms with Crippen LogP contribution in [0.2, 0.25) is 0 Å². The van der Waals surface area contributed by atoms with Gasteiger partial charge in [-0.2, -0.15) is 4.91 Å².